The summed E-state index contributed by atoms with van der Waals surface area (Å²) in [5.74, 6) is 0.885. The third-order valence-electron chi connectivity index (χ3n) is 2.45. The van der Waals surface area contributed by atoms with E-state index in [-0.39, 0.29) is 11.0 Å². The van der Waals surface area contributed by atoms with Gasteiger partial charge in [0, 0.05) is 12.0 Å². The number of ether oxygens (including phenoxy) is 1. The first kappa shape index (κ1) is 14.5. The lowest BCUT2D eigenvalue weighted by Crippen LogP contribution is -2.33. The monoisotopic (exact) mass is 259 g/mol. The average Bonchev–Trinajstić information content (AvgIpc) is 2.46. The van der Waals surface area contributed by atoms with Crippen LogP contribution in [-0.2, 0) is 16.7 Å². The molecule has 0 bridgehead atoms. The molecule has 0 radical (unpaired) electrons. The first-order valence-corrected chi connectivity index (χ1v) is 6.28. The van der Waals surface area contributed by atoms with Crippen LogP contribution < -0.4 is 0 Å². The fourth-order valence-electron chi connectivity index (χ4n) is 1.80. The lowest BCUT2D eigenvalue weighted by molar-refractivity contribution is -0.0232. The molecule has 1 heterocycles. The van der Waals surface area contributed by atoms with Crippen molar-refractivity contribution in [3.8, 4) is 0 Å². The zero-order valence-corrected chi connectivity index (χ0v) is 12.3. The van der Waals surface area contributed by atoms with Crippen molar-refractivity contribution in [3.63, 3.8) is 0 Å². The molecule has 0 saturated heterocycles. The molecule has 1 aromatic heterocycles. The zero-order valence-electron chi connectivity index (χ0n) is 11.5. The molecule has 0 amide bonds. The van der Waals surface area contributed by atoms with Gasteiger partial charge in [-0.2, -0.15) is 0 Å². The molecular formula is C12H22ClN3O. The summed E-state index contributed by atoms with van der Waals surface area (Å²) in [7, 11) is 0. The van der Waals surface area contributed by atoms with Gasteiger partial charge in [-0.1, -0.05) is 20.8 Å². The molecule has 0 aliphatic carbocycles. The molecule has 0 N–H and O–H groups in total. The number of hydrogen-bond donors (Lipinski definition) is 0. The molecule has 1 rings (SSSR count). The number of hydrogen-bond acceptors (Lipinski definition) is 3. The van der Waals surface area contributed by atoms with Gasteiger partial charge in [0.1, 0.15) is 5.82 Å². The minimum Gasteiger partial charge on any atom is -0.374 e. The highest BCUT2D eigenvalue weighted by atomic mass is 35.5. The second kappa shape index (κ2) is 4.94. The summed E-state index contributed by atoms with van der Waals surface area (Å²) >= 11 is 6.09. The van der Waals surface area contributed by atoms with Gasteiger partial charge < -0.3 is 4.74 Å². The second-order valence-electron chi connectivity index (χ2n) is 5.82. The molecule has 98 valence electrons. The van der Waals surface area contributed by atoms with Crippen molar-refractivity contribution in [3.05, 3.63) is 11.1 Å². The van der Waals surface area contributed by atoms with E-state index in [0.717, 1.165) is 5.82 Å². The highest BCUT2D eigenvalue weighted by Crippen LogP contribution is 2.25. The molecule has 4 nitrogen and oxygen atoms in total. The van der Waals surface area contributed by atoms with Gasteiger partial charge in [-0.25, -0.2) is 0 Å². The Morgan fingerprint density at radius 3 is 2.24 bits per heavy atom. The number of halogens is 1. The summed E-state index contributed by atoms with van der Waals surface area (Å²) in [5.41, 5.74) is -0.358. The predicted molar refractivity (Wildman–Crippen MR) is 69.4 cm³/mol. The molecule has 0 aromatic carbocycles. The van der Waals surface area contributed by atoms with Crippen molar-refractivity contribution in [2.45, 2.75) is 59.1 Å². The van der Waals surface area contributed by atoms with E-state index in [1.807, 2.05) is 25.3 Å². The van der Waals surface area contributed by atoms with Gasteiger partial charge in [0.15, 0.2) is 0 Å². The van der Waals surface area contributed by atoms with E-state index in [1.165, 1.54) is 0 Å². The van der Waals surface area contributed by atoms with Crippen molar-refractivity contribution >= 4 is 11.6 Å². The summed E-state index contributed by atoms with van der Waals surface area (Å²) in [6.45, 7) is 13.7. The number of nitrogens with zero attached hydrogens (tertiary/aromatic N) is 3. The van der Waals surface area contributed by atoms with Gasteiger partial charge in [0.05, 0.1) is 12.1 Å². The minimum atomic E-state index is -0.277. The van der Waals surface area contributed by atoms with Crippen molar-refractivity contribution in [2.75, 3.05) is 6.61 Å². The Kier molecular flexibility index (Phi) is 4.20. The van der Waals surface area contributed by atoms with E-state index < -0.39 is 0 Å². The van der Waals surface area contributed by atoms with Crippen LogP contribution in [-0.4, -0.2) is 27.0 Å². The lowest BCUT2D eigenvalue weighted by atomic mass is 9.95. The number of aromatic nitrogens is 3. The molecule has 0 spiro atoms. The molecule has 0 fully saturated rings. The zero-order chi connectivity index (χ0) is 13.3. The summed E-state index contributed by atoms with van der Waals surface area (Å²) in [4.78, 5) is 0. The van der Waals surface area contributed by atoms with Crippen LogP contribution in [0, 0.1) is 0 Å². The smallest absolute Gasteiger partial charge is 0.225 e. The van der Waals surface area contributed by atoms with Crippen LogP contribution in [0.4, 0.5) is 0 Å². The van der Waals surface area contributed by atoms with Crippen molar-refractivity contribution in [2.24, 2.45) is 0 Å². The molecule has 17 heavy (non-hydrogen) atoms. The van der Waals surface area contributed by atoms with Crippen LogP contribution in [0.15, 0.2) is 0 Å². The standard InChI is InChI=1S/C12H22ClN3O/c1-7-17-12(5,6)8-16-9(11(2,3)4)14-15-10(16)13/h7-8H2,1-6H3. The third kappa shape index (κ3) is 3.68. The Balaban J connectivity index is 3.02. The summed E-state index contributed by atoms with van der Waals surface area (Å²) < 4.78 is 7.62. The predicted octanol–water partition coefficient (Wildman–Crippen LogP) is 3.04. The Hall–Kier alpha value is -0.610. The molecule has 0 atom stereocenters. The van der Waals surface area contributed by atoms with Crippen LogP contribution in [0.1, 0.15) is 47.4 Å². The third-order valence-corrected chi connectivity index (χ3v) is 2.73. The van der Waals surface area contributed by atoms with Gasteiger partial charge in [-0.3, -0.25) is 4.57 Å². The summed E-state index contributed by atoms with van der Waals surface area (Å²) in [5, 5.41) is 8.53. The molecule has 0 unspecified atom stereocenters. The molecule has 1 aromatic rings. The Labute approximate surface area is 108 Å². The van der Waals surface area contributed by atoms with Gasteiger partial charge in [0.2, 0.25) is 5.28 Å². The van der Waals surface area contributed by atoms with Crippen molar-refractivity contribution in [1.29, 1.82) is 0 Å². The quantitative estimate of drug-likeness (QED) is 0.834. The van der Waals surface area contributed by atoms with Crippen LogP contribution in [0.3, 0.4) is 0 Å². The van der Waals surface area contributed by atoms with Crippen LogP contribution in [0.5, 0.6) is 0 Å². The fourth-order valence-corrected chi connectivity index (χ4v) is 1.97. The molecule has 5 heteroatoms. The van der Waals surface area contributed by atoms with Gasteiger partial charge >= 0.3 is 0 Å². The average molecular weight is 260 g/mol. The van der Waals surface area contributed by atoms with Crippen LogP contribution >= 0.6 is 11.6 Å². The molecule has 0 aliphatic heterocycles. The largest absolute Gasteiger partial charge is 0.374 e. The second-order valence-corrected chi connectivity index (χ2v) is 6.16. The van der Waals surface area contributed by atoms with E-state index in [0.29, 0.717) is 18.4 Å². The van der Waals surface area contributed by atoms with Crippen molar-refractivity contribution in [1.82, 2.24) is 14.8 Å². The number of rotatable bonds is 4. The Bertz CT molecular complexity index is 380. The molecule has 0 saturated carbocycles. The van der Waals surface area contributed by atoms with Gasteiger partial charge in [-0.15, -0.1) is 10.2 Å². The van der Waals surface area contributed by atoms with E-state index >= 15 is 0 Å². The maximum absolute atomic E-state index is 6.09. The SMILES string of the molecule is CCOC(C)(C)Cn1c(Cl)nnc1C(C)(C)C. The van der Waals surface area contributed by atoms with E-state index in [1.54, 1.807) is 0 Å². The summed E-state index contributed by atoms with van der Waals surface area (Å²) in [6.07, 6.45) is 0. The Morgan fingerprint density at radius 2 is 1.76 bits per heavy atom. The highest BCUT2D eigenvalue weighted by molar-refractivity contribution is 6.28. The normalized spacial score (nSPS) is 13.1. The minimum absolute atomic E-state index is 0.0809. The first-order valence-electron chi connectivity index (χ1n) is 5.90. The molecule has 0 aliphatic rings. The van der Waals surface area contributed by atoms with Gasteiger partial charge in [-0.05, 0) is 32.4 Å². The van der Waals surface area contributed by atoms with Crippen LogP contribution in [0.2, 0.25) is 5.28 Å². The van der Waals surface area contributed by atoms with E-state index in [2.05, 4.69) is 31.0 Å². The van der Waals surface area contributed by atoms with Crippen LogP contribution in [0.25, 0.3) is 0 Å². The lowest BCUT2D eigenvalue weighted by Gasteiger charge is -2.28. The first-order chi connectivity index (χ1) is 7.67. The van der Waals surface area contributed by atoms with E-state index in [9.17, 15) is 0 Å². The maximum Gasteiger partial charge on any atom is 0.225 e. The summed E-state index contributed by atoms with van der Waals surface area (Å²) in [6, 6.07) is 0. The van der Waals surface area contributed by atoms with Gasteiger partial charge in [0.25, 0.3) is 0 Å². The topological polar surface area (TPSA) is 39.9 Å². The maximum atomic E-state index is 6.09. The highest BCUT2D eigenvalue weighted by Gasteiger charge is 2.27. The fraction of sp³-hybridized carbons (Fsp3) is 0.833. The van der Waals surface area contributed by atoms with E-state index in [4.69, 9.17) is 16.3 Å². The van der Waals surface area contributed by atoms with Crippen molar-refractivity contribution < 1.29 is 4.74 Å². The molecular weight excluding hydrogens is 238 g/mol. The Morgan fingerprint density at radius 1 is 1.18 bits per heavy atom.